The number of hydrogen-bond donors (Lipinski definition) is 2. The Bertz CT molecular complexity index is 828. The summed E-state index contributed by atoms with van der Waals surface area (Å²) in [6.45, 7) is 1.43. The van der Waals surface area contributed by atoms with Gasteiger partial charge >= 0.3 is 17.8 Å². The fourth-order valence-electron chi connectivity index (χ4n) is 2.01. The molecule has 0 aliphatic rings. The lowest BCUT2D eigenvalue weighted by Gasteiger charge is -2.08. The van der Waals surface area contributed by atoms with E-state index in [1.54, 1.807) is 24.3 Å². The second kappa shape index (κ2) is 7.87. The van der Waals surface area contributed by atoms with Gasteiger partial charge in [0.25, 0.3) is 0 Å². The summed E-state index contributed by atoms with van der Waals surface area (Å²) in [4.78, 5) is 46.5. The average Bonchev–Trinajstić information content (AvgIpc) is 2.61. The smallest absolute Gasteiger partial charge is 0.337 e. The van der Waals surface area contributed by atoms with Gasteiger partial charge < -0.3 is 15.4 Å². The standard InChI is InChI=1S/C18H16N2O5/c1-11(21)12-6-8-14(9-7-12)19-16(22)17(23)20-15-5-3-4-13(10-15)18(24)25-2/h3-10H,1-2H3,(H,19,22)(H,20,23). The lowest BCUT2D eigenvalue weighted by atomic mass is 10.1. The molecule has 0 unspecified atom stereocenters. The number of ether oxygens (including phenoxy) is 1. The Morgan fingerprint density at radius 3 is 1.96 bits per heavy atom. The number of esters is 1. The molecule has 2 aromatic carbocycles. The Hall–Kier alpha value is -3.48. The predicted molar refractivity (Wildman–Crippen MR) is 91.5 cm³/mol. The van der Waals surface area contributed by atoms with E-state index in [2.05, 4.69) is 15.4 Å². The van der Waals surface area contributed by atoms with Crippen LogP contribution in [0.25, 0.3) is 0 Å². The van der Waals surface area contributed by atoms with Crippen molar-refractivity contribution in [3.05, 3.63) is 59.7 Å². The van der Waals surface area contributed by atoms with E-state index in [1.807, 2.05) is 0 Å². The Kier molecular flexibility index (Phi) is 5.62. The molecule has 0 heterocycles. The largest absolute Gasteiger partial charge is 0.465 e. The first-order chi connectivity index (χ1) is 11.9. The van der Waals surface area contributed by atoms with Crippen LogP contribution in [0.4, 0.5) is 11.4 Å². The van der Waals surface area contributed by atoms with Gasteiger partial charge in [0.05, 0.1) is 12.7 Å². The van der Waals surface area contributed by atoms with Crippen molar-refractivity contribution < 1.29 is 23.9 Å². The highest BCUT2D eigenvalue weighted by atomic mass is 16.5. The molecule has 7 nitrogen and oxygen atoms in total. The molecule has 0 spiro atoms. The van der Waals surface area contributed by atoms with Gasteiger partial charge in [0.1, 0.15) is 0 Å². The van der Waals surface area contributed by atoms with Crippen molar-refractivity contribution in [2.24, 2.45) is 0 Å². The minimum Gasteiger partial charge on any atom is -0.465 e. The number of carbonyl (C=O) groups excluding carboxylic acids is 4. The van der Waals surface area contributed by atoms with Crippen LogP contribution in [-0.2, 0) is 14.3 Å². The number of rotatable bonds is 4. The molecule has 7 heteroatoms. The number of Topliss-reactive ketones (excluding diaryl/α,β-unsaturated/α-hetero) is 1. The van der Waals surface area contributed by atoms with E-state index >= 15 is 0 Å². The van der Waals surface area contributed by atoms with Gasteiger partial charge in [-0.3, -0.25) is 14.4 Å². The van der Waals surface area contributed by atoms with Gasteiger partial charge in [0.15, 0.2) is 5.78 Å². The Balaban J connectivity index is 2.02. The fraction of sp³-hybridized carbons (Fsp3) is 0.111. The highest BCUT2D eigenvalue weighted by Gasteiger charge is 2.15. The molecule has 0 atom stereocenters. The first kappa shape index (κ1) is 17.9. The van der Waals surface area contributed by atoms with E-state index in [0.717, 1.165) is 0 Å². The SMILES string of the molecule is COC(=O)c1cccc(NC(=O)C(=O)Nc2ccc(C(C)=O)cc2)c1. The lowest BCUT2D eigenvalue weighted by molar-refractivity contribution is -0.132. The molecule has 0 aliphatic carbocycles. The number of nitrogens with one attached hydrogen (secondary N) is 2. The quantitative estimate of drug-likeness (QED) is 0.505. The molecule has 2 amide bonds. The van der Waals surface area contributed by atoms with Crippen LogP contribution in [0.15, 0.2) is 48.5 Å². The summed E-state index contributed by atoms with van der Waals surface area (Å²) in [5.41, 5.74) is 1.42. The number of ketones is 1. The molecule has 0 aliphatic heterocycles. The lowest BCUT2D eigenvalue weighted by Crippen LogP contribution is -2.29. The monoisotopic (exact) mass is 340 g/mol. The van der Waals surface area contributed by atoms with Crippen LogP contribution >= 0.6 is 0 Å². The topological polar surface area (TPSA) is 102 Å². The van der Waals surface area contributed by atoms with Gasteiger partial charge in [-0.2, -0.15) is 0 Å². The first-order valence-corrected chi connectivity index (χ1v) is 7.32. The predicted octanol–water partition coefficient (Wildman–Crippen LogP) is 2.25. The molecular formula is C18H16N2O5. The van der Waals surface area contributed by atoms with E-state index in [9.17, 15) is 19.2 Å². The number of amides is 2. The van der Waals surface area contributed by atoms with E-state index in [1.165, 1.54) is 38.3 Å². The zero-order valence-electron chi connectivity index (χ0n) is 13.7. The molecule has 25 heavy (non-hydrogen) atoms. The fourth-order valence-corrected chi connectivity index (χ4v) is 2.01. The van der Waals surface area contributed by atoms with Crippen LogP contribution in [0.1, 0.15) is 27.6 Å². The van der Waals surface area contributed by atoms with Gasteiger partial charge in [0, 0.05) is 16.9 Å². The molecule has 0 saturated heterocycles. The molecule has 2 aromatic rings. The minimum atomic E-state index is -0.891. The molecule has 2 N–H and O–H groups in total. The van der Waals surface area contributed by atoms with Crippen molar-refractivity contribution in [3.8, 4) is 0 Å². The number of hydrogen-bond acceptors (Lipinski definition) is 5. The third-order valence-electron chi connectivity index (χ3n) is 3.30. The van der Waals surface area contributed by atoms with Gasteiger partial charge in [-0.1, -0.05) is 6.07 Å². The maximum Gasteiger partial charge on any atom is 0.337 e. The molecule has 128 valence electrons. The average molecular weight is 340 g/mol. The summed E-state index contributed by atoms with van der Waals surface area (Å²) >= 11 is 0. The zero-order valence-corrected chi connectivity index (χ0v) is 13.7. The van der Waals surface area contributed by atoms with E-state index in [-0.39, 0.29) is 17.0 Å². The molecule has 0 aromatic heterocycles. The first-order valence-electron chi connectivity index (χ1n) is 7.32. The maximum absolute atomic E-state index is 11.9. The van der Waals surface area contributed by atoms with Crippen LogP contribution in [-0.4, -0.2) is 30.7 Å². The molecular weight excluding hydrogens is 324 g/mol. The normalized spacial score (nSPS) is 9.84. The number of anilines is 2. The molecule has 2 rings (SSSR count). The summed E-state index contributed by atoms with van der Waals surface area (Å²) < 4.78 is 4.59. The highest BCUT2D eigenvalue weighted by molar-refractivity contribution is 6.43. The van der Waals surface area contributed by atoms with E-state index in [4.69, 9.17) is 0 Å². The summed E-state index contributed by atoms with van der Waals surface area (Å²) in [7, 11) is 1.25. The van der Waals surface area contributed by atoms with E-state index in [0.29, 0.717) is 11.3 Å². The van der Waals surface area contributed by atoms with Crippen LogP contribution in [0.3, 0.4) is 0 Å². The van der Waals surface area contributed by atoms with Crippen LogP contribution < -0.4 is 10.6 Å². The highest BCUT2D eigenvalue weighted by Crippen LogP contribution is 2.13. The van der Waals surface area contributed by atoms with Gasteiger partial charge in [-0.15, -0.1) is 0 Å². The minimum absolute atomic E-state index is 0.0962. The van der Waals surface area contributed by atoms with Gasteiger partial charge in [0.2, 0.25) is 0 Å². The summed E-state index contributed by atoms with van der Waals surface area (Å²) in [5.74, 6) is -2.41. The zero-order chi connectivity index (χ0) is 18.4. The number of carbonyl (C=O) groups is 4. The number of methoxy groups -OCH3 is 1. The summed E-state index contributed by atoms with van der Waals surface area (Å²) in [6, 6.07) is 12.2. The molecule has 0 radical (unpaired) electrons. The van der Waals surface area contributed by atoms with Gasteiger partial charge in [-0.25, -0.2) is 4.79 Å². The number of benzene rings is 2. The summed E-state index contributed by atoms with van der Waals surface area (Å²) in [5, 5.41) is 4.82. The third-order valence-corrected chi connectivity index (χ3v) is 3.30. The van der Waals surface area contributed by atoms with Crippen molar-refractivity contribution >= 4 is 34.9 Å². The molecule has 0 saturated carbocycles. The Morgan fingerprint density at radius 2 is 1.40 bits per heavy atom. The van der Waals surface area contributed by atoms with Crippen molar-refractivity contribution in [2.75, 3.05) is 17.7 Å². The Labute approximate surface area is 144 Å². The molecule has 0 bridgehead atoms. The van der Waals surface area contributed by atoms with Gasteiger partial charge in [-0.05, 0) is 49.4 Å². The van der Waals surface area contributed by atoms with E-state index < -0.39 is 17.8 Å². The van der Waals surface area contributed by atoms with Crippen LogP contribution in [0.2, 0.25) is 0 Å². The van der Waals surface area contributed by atoms with Crippen LogP contribution in [0, 0.1) is 0 Å². The second-order valence-corrected chi connectivity index (χ2v) is 5.11. The second-order valence-electron chi connectivity index (χ2n) is 5.11. The van der Waals surface area contributed by atoms with Crippen molar-refractivity contribution in [2.45, 2.75) is 6.92 Å². The summed E-state index contributed by atoms with van der Waals surface area (Å²) in [6.07, 6.45) is 0. The Morgan fingerprint density at radius 1 is 0.800 bits per heavy atom. The maximum atomic E-state index is 11.9. The molecule has 0 fully saturated rings. The third kappa shape index (κ3) is 4.74. The van der Waals surface area contributed by atoms with Crippen molar-refractivity contribution in [1.82, 2.24) is 0 Å². The van der Waals surface area contributed by atoms with Crippen molar-refractivity contribution in [3.63, 3.8) is 0 Å². The van der Waals surface area contributed by atoms with Crippen LogP contribution in [0.5, 0.6) is 0 Å². The van der Waals surface area contributed by atoms with Crippen molar-refractivity contribution in [1.29, 1.82) is 0 Å².